The maximum atomic E-state index is 12.4. The van der Waals surface area contributed by atoms with E-state index < -0.39 is 0 Å². The summed E-state index contributed by atoms with van der Waals surface area (Å²) in [6.45, 7) is 2.85. The smallest absolute Gasteiger partial charge is 0.226 e. The van der Waals surface area contributed by atoms with Gasteiger partial charge in [0.2, 0.25) is 5.91 Å². The molecule has 1 aromatic rings. The molecule has 0 aromatic heterocycles. The highest BCUT2D eigenvalue weighted by Gasteiger charge is 2.28. The van der Waals surface area contributed by atoms with Crippen LogP contribution in [0.4, 0.5) is 0 Å². The van der Waals surface area contributed by atoms with Gasteiger partial charge in [-0.2, -0.15) is 0 Å². The summed E-state index contributed by atoms with van der Waals surface area (Å²) in [7, 11) is 1.85. The van der Waals surface area contributed by atoms with E-state index >= 15 is 0 Å². The summed E-state index contributed by atoms with van der Waals surface area (Å²) in [5.41, 5.74) is 0. The van der Waals surface area contributed by atoms with E-state index in [1.54, 1.807) is 4.90 Å². The van der Waals surface area contributed by atoms with Crippen molar-refractivity contribution in [3.63, 3.8) is 0 Å². The lowest BCUT2D eigenvalue weighted by atomic mass is 9.98. The van der Waals surface area contributed by atoms with E-state index in [-0.39, 0.29) is 17.9 Å². The molecule has 5 nitrogen and oxygen atoms in total. The van der Waals surface area contributed by atoms with Crippen LogP contribution in [-0.4, -0.2) is 50.2 Å². The maximum Gasteiger partial charge on any atom is 0.226 e. The summed E-state index contributed by atoms with van der Waals surface area (Å²) < 4.78 is 11.6. The molecule has 0 aliphatic carbocycles. The van der Waals surface area contributed by atoms with Crippen molar-refractivity contribution >= 4 is 5.91 Å². The lowest BCUT2D eigenvalue weighted by Crippen LogP contribution is -2.46. The van der Waals surface area contributed by atoms with Gasteiger partial charge in [0.1, 0.15) is 6.61 Å². The van der Waals surface area contributed by atoms with Crippen LogP contribution < -0.4 is 14.8 Å². The second-order valence-corrected chi connectivity index (χ2v) is 5.76. The molecule has 1 saturated heterocycles. The van der Waals surface area contributed by atoms with Crippen molar-refractivity contribution in [1.29, 1.82) is 0 Å². The first-order valence-corrected chi connectivity index (χ1v) is 7.58. The fourth-order valence-corrected chi connectivity index (χ4v) is 2.92. The molecule has 21 heavy (non-hydrogen) atoms. The summed E-state index contributed by atoms with van der Waals surface area (Å²) in [6.07, 6.45) is 1.94. The minimum atomic E-state index is -0.106. The minimum absolute atomic E-state index is 0.0977. The van der Waals surface area contributed by atoms with Crippen LogP contribution in [0, 0.1) is 5.92 Å². The fourth-order valence-electron chi connectivity index (χ4n) is 2.92. The SMILES string of the molecule is CN(CC1COc2ccccc2O1)C(=O)C1CCCNC1. The first-order chi connectivity index (χ1) is 10.2. The zero-order valence-corrected chi connectivity index (χ0v) is 12.4. The van der Waals surface area contributed by atoms with Crippen LogP contribution in [0.15, 0.2) is 24.3 Å². The van der Waals surface area contributed by atoms with Gasteiger partial charge in [-0.25, -0.2) is 0 Å². The molecule has 2 unspecified atom stereocenters. The Bertz CT molecular complexity index is 500. The lowest BCUT2D eigenvalue weighted by Gasteiger charge is -2.32. The van der Waals surface area contributed by atoms with Gasteiger partial charge in [-0.1, -0.05) is 12.1 Å². The minimum Gasteiger partial charge on any atom is -0.486 e. The van der Waals surface area contributed by atoms with E-state index in [2.05, 4.69) is 5.32 Å². The molecular formula is C16H22N2O3. The number of benzene rings is 1. The van der Waals surface area contributed by atoms with E-state index in [1.165, 1.54) is 0 Å². The van der Waals surface area contributed by atoms with E-state index in [4.69, 9.17) is 9.47 Å². The highest BCUT2D eigenvalue weighted by atomic mass is 16.6. The van der Waals surface area contributed by atoms with Crippen LogP contribution >= 0.6 is 0 Å². The molecule has 0 saturated carbocycles. The highest BCUT2D eigenvalue weighted by Crippen LogP contribution is 2.31. The second-order valence-electron chi connectivity index (χ2n) is 5.76. The number of hydrogen-bond acceptors (Lipinski definition) is 4. The first kappa shape index (κ1) is 14.2. The summed E-state index contributed by atoms with van der Waals surface area (Å²) >= 11 is 0. The molecule has 0 bridgehead atoms. The van der Waals surface area contributed by atoms with Gasteiger partial charge in [-0.05, 0) is 31.5 Å². The van der Waals surface area contributed by atoms with Crippen molar-refractivity contribution in [2.24, 2.45) is 5.92 Å². The molecule has 2 heterocycles. The quantitative estimate of drug-likeness (QED) is 0.911. The number of piperidine rings is 1. The molecule has 0 spiro atoms. The molecule has 3 rings (SSSR count). The molecule has 114 valence electrons. The number of carbonyl (C=O) groups is 1. The number of fused-ring (bicyclic) bond motifs is 1. The molecule has 0 radical (unpaired) electrons. The van der Waals surface area contributed by atoms with E-state index in [0.29, 0.717) is 13.2 Å². The summed E-state index contributed by atoms with van der Waals surface area (Å²) in [6, 6.07) is 7.64. The van der Waals surface area contributed by atoms with Gasteiger partial charge >= 0.3 is 0 Å². The summed E-state index contributed by atoms with van der Waals surface area (Å²) in [4.78, 5) is 14.2. The molecule has 5 heteroatoms. The third-order valence-electron chi connectivity index (χ3n) is 4.07. The van der Waals surface area contributed by atoms with Crippen LogP contribution in [0.3, 0.4) is 0 Å². The molecule has 1 N–H and O–H groups in total. The van der Waals surface area contributed by atoms with E-state index in [0.717, 1.165) is 37.4 Å². The highest BCUT2D eigenvalue weighted by molar-refractivity contribution is 5.79. The Kier molecular flexibility index (Phi) is 4.29. The van der Waals surface area contributed by atoms with Crippen molar-refractivity contribution < 1.29 is 14.3 Å². The Balaban J connectivity index is 1.56. The average molecular weight is 290 g/mol. The van der Waals surface area contributed by atoms with Crippen LogP contribution in [0.2, 0.25) is 0 Å². The Morgan fingerprint density at radius 2 is 2.19 bits per heavy atom. The van der Waals surface area contributed by atoms with Gasteiger partial charge in [-0.15, -0.1) is 0 Å². The average Bonchev–Trinajstić information content (AvgIpc) is 2.55. The van der Waals surface area contributed by atoms with Crippen molar-refractivity contribution in [3.8, 4) is 11.5 Å². The van der Waals surface area contributed by atoms with Crippen LogP contribution in [0.1, 0.15) is 12.8 Å². The molecule has 2 atom stereocenters. The molecule has 2 aliphatic heterocycles. The van der Waals surface area contributed by atoms with Crippen LogP contribution in [0.25, 0.3) is 0 Å². The number of carbonyl (C=O) groups excluding carboxylic acids is 1. The normalized spacial score (nSPS) is 24.4. The van der Waals surface area contributed by atoms with Crippen LogP contribution in [0.5, 0.6) is 11.5 Å². The van der Waals surface area contributed by atoms with Crippen molar-refractivity contribution in [2.75, 3.05) is 33.3 Å². The van der Waals surface area contributed by atoms with Gasteiger partial charge in [0.05, 0.1) is 12.5 Å². The largest absolute Gasteiger partial charge is 0.486 e. The Morgan fingerprint density at radius 3 is 2.95 bits per heavy atom. The predicted molar refractivity (Wildman–Crippen MR) is 79.6 cm³/mol. The molecule has 1 fully saturated rings. The van der Waals surface area contributed by atoms with Crippen molar-refractivity contribution in [1.82, 2.24) is 10.2 Å². The summed E-state index contributed by atoms with van der Waals surface area (Å²) in [5, 5.41) is 3.28. The Hall–Kier alpha value is -1.75. The van der Waals surface area contributed by atoms with Gasteiger partial charge in [0.15, 0.2) is 17.6 Å². The predicted octanol–water partition coefficient (Wildman–Crippen LogP) is 1.28. The molecule has 2 aliphatic rings. The van der Waals surface area contributed by atoms with Crippen LogP contribution in [-0.2, 0) is 4.79 Å². The zero-order valence-electron chi connectivity index (χ0n) is 12.4. The monoisotopic (exact) mass is 290 g/mol. The number of nitrogens with zero attached hydrogens (tertiary/aromatic N) is 1. The van der Waals surface area contributed by atoms with Gasteiger partial charge in [0, 0.05) is 13.6 Å². The number of hydrogen-bond donors (Lipinski definition) is 1. The molecule has 1 amide bonds. The van der Waals surface area contributed by atoms with E-state index in [9.17, 15) is 4.79 Å². The number of nitrogens with one attached hydrogen (secondary N) is 1. The van der Waals surface area contributed by atoms with Crippen molar-refractivity contribution in [2.45, 2.75) is 18.9 Å². The van der Waals surface area contributed by atoms with Gasteiger partial charge in [0.25, 0.3) is 0 Å². The number of amides is 1. The number of rotatable bonds is 3. The lowest BCUT2D eigenvalue weighted by molar-refractivity contribution is -0.136. The molecule has 1 aromatic carbocycles. The number of likely N-dealkylation sites (N-methyl/N-ethyl adjacent to an activating group) is 1. The number of ether oxygens (including phenoxy) is 2. The van der Waals surface area contributed by atoms with Crippen molar-refractivity contribution in [3.05, 3.63) is 24.3 Å². The fraction of sp³-hybridized carbons (Fsp3) is 0.562. The van der Waals surface area contributed by atoms with Gasteiger partial charge < -0.3 is 19.7 Å². The standard InChI is InChI=1S/C16H22N2O3/c1-18(16(19)12-5-4-8-17-9-12)10-13-11-20-14-6-2-3-7-15(14)21-13/h2-3,6-7,12-13,17H,4-5,8-11H2,1H3. The summed E-state index contributed by atoms with van der Waals surface area (Å²) in [5.74, 6) is 1.83. The Labute approximate surface area is 125 Å². The van der Waals surface area contributed by atoms with Gasteiger partial charge in [-0.3, -0.25) is 4.79 Å². The third-order valence-corrected chi connectivity index (χ3v) is 4.07. The Morgan fingerprint density at radius 1 is 1.38 bits per heavy atom. The third kappa shape index (κ3) is 3.29. The maximum absolute atomic E-state index is 12.4. The zero-order chi connectivity index (χ0) is 14.7. The van der Waals surface area contributed by atoms with E-state index in [1.807, 2.05) is 31.3 Å². The second kappa shape index (κ2) is 6.35. The molecular weight excluding hydrogens is 268 g/mol. The topological polar surface area (TPSA) is 50.8 Å². The number of para-hydroxylation sites is 2. The first-order valence-electron chi connectivity index (χ1n) is 7.58.